The van der Waals surface area contributed by atoms with E-state index in [2.05, 4.69) is 63.8 Å². The molecule has 15 nitrogen and oxygen atoms in total. The molecule has 0 spiro atoms. The first-order chi connectivity index (χ1) is 31.6. The summed E-state index contributed by atoms with van der Waals surface area (Å²) in [5.41, 5.74) is 7.51. The van der Waals surface area contributed by atoms with Gasteiger partial charge >= 0.3 is 5.97 Å². The number of fused-ring (bicyclic) bond motifs is 1. The van der Waals surface area contributed by atoms with Crippen LogP contribution in [0.5, 0.6) is 0 Å². The van der Waals surface area contributed by atoms with Gasteiger partial charge in [-0.1, -0.05) is 12.5 Å². The SMILES string of the molecule is COC(=O)CC(CN1CCC(CCc2ccc3c(n2)NCCC3)C1)c1cc(N2CCN(C(=O)CCCC(=O)NCCCCCC(=O)N3CCCC3CO)CC2)cc(-n2nc(C)cc2C)c1. The van der Waals surface area contributed by atoms with E-state index in [9.17, 15) is 24.3 Å². The van der Waals surface area contributed by atoms with Gasteiger partial charge in [-0.25, -0.2) is 9.67 Å². The lowest BCUT2D eigenvalue weighted by Gasteiger charge is -2.37. The summed E-state index contributed by atoms with van der Waals surface area (Å²) in [7, 11) is 1.46. The van der Waals surface area contributed by atoms with Crippen molar-refractivity contribution in [2.45, 2.75) is 122 Å². The van der Waals surface area contributed by atoms with Gasteiger partial charge in [-0.3, -0.25) is 19.2 Å². The van der Waals surface area contributed by atoms with Crippen molar-refractivity contribution in [3.05, 3.63) is 64.6 Å². The molecule has 3 aromatic rings. The highest BCUT2D eigenvalue weighted by Gasteiger charge is 2.30. The number of esters is 1. The molecule has 4 aliphatic rings. The minimum absolute atomic E-state index is 0.0285. The maximum Gasteiger partial charge on any atom is 0.306 e. The Morgan fingerprint density at radius 1 is 0.892 bits per heavy atom. The average molecular weight is 896 g/mol. The molecule has 3 saturated heterocycles. The number of aliphatic hydroxyl groups is 1. The summed E-state index contributed by atoms with van der Waals surface area (Å²) < 4.78 is 7.24. The van der Waals surface area contributed by atoms with Crippen molar-refractivity contribution in [3.63, 3.8) is 0 Å². The van der Waals surface area contributed by atoms with Crippen LogP contribution in [0.4, 0.5) is 11.5 Å². The monoisotopic (exact) mass is 896 g/mol. The summed E-state index contributed by atoms with van der Waals surface area (Å²) in [6.07, 6.45) is 11.6. The fraction of sp³-hybridized carbons (Fsp3) is 0.640. The number of methoxy groups -OCH3 is 1. The van der Waals surface area contributed by atoms with E-state index in [1.807, 2.05) is 21.4 Å². The summed E-state index contributed by atoms with van der Waals surface area (Å²) in [5.74, 6) is 1.45. The maximum atomic E-state index is 13.3. The number of pyridine rings is 1. The van der Waals surface area contributed by atoms with Gasteiger partial charge in [-0.15, -0.1) is 0 Å². The number of ether oxygens (including phenoxy) is 1. The molecule has 15 heteroatoms. The normalized spacial score (nSPS) is 19.2. The number of carbonyl (C=O) groups excluding carboxylic acids is 4. The molecular weight excluding hydrogens is 823 g/mol. The average Bonchev–Trinajstić information content (AvgIpc) is 4.08. The molecule has 3 N–H and O–H groups in total. The third kappa shape index (κ3) is 13.3. The van der Waals surface area contributed by atoms with E-state index in [4.69, 9.17) is 14.8 Å². The van der Waals surface area contributed by atoms with E-state index < -0.39 is 0 Å². The van der Waals surface area contributed by atoms with Gasteiger partial charge in [-0.2, -0.15) is 5.10 Å². The lowest BCUT2D eigenvalue weighted by Crippen LogP contribution is -2.48. The summed E-state index contributed by atoms with van der Waals surface area (Å²) in [6, 6.07) is 13.1. The minimum atomic E-state index is -0.225. The van der Waals surface area contributed by atoms with Crippen LogP contribution in [-0.4, -0.2) is 143 Å². The van der Waals surface area contributed by atoms with E-state index in [1.165, 1.54) is 12.7 Å². The van der Waals surface area contributed by atoms with Gasteiger partial charge < -0.3 is 40.1 Å². The number of rotatable bonds is 21. The fourth-order valence-corrected chi connectivity index (χ4v) is 10.3. The largest absolute Gasteiger partial charge is 0.469 e. The van der Waals surface area contributed by atoms with Crippen LogP contribution in [0, 0.1) is 19.8 Å². The Kier molecular flexibility index (Phi) is 17.3. The molecule has 0 bridgehead atoms. The van der Waals surface area contributed by atoms with Gasteiger partial charge in [0, 0.05) is 101 Å². The molecule has 0 radical (unpaired) electrons. The second-order valence-corrected chi connectivity index (χ2v) is 18.8. The van der Waals surface area contributed by atoms with Crippen molar-refractivity contribution in [1.29, 1.82) is 0 Å². The van der Waals surface area contributed by atoms with Gasteiger partial charge in [0.2, 0.25) is 17.7 Å². The number of hydrogen-bond acceptors (Lipinski definition) is 11. The molecule has 1 aromatic carbocycles. The van der Waals surface area contributed by atoms with Crippen LogP contribution >= 0.6 is 0 Å². The first kappa shape index (κ1) is 47.9. The molecule has 2 aromatic heterocycles. The number of piperazine rings is 1. The Bertz CT molecular complexity index is 2080. The number of nitrogens with zero attached hydrogens (tertiary/aromatic N) is 7. The van der Waals surface area contributed by atoms with Crippen molar-refractivity contribution in [1.82, 2.24) is 34.8 Å². The summed E-state index contributed by atoms with van der Waals surface area (Å²) in [4.78, 5) is 64.8. The molecule has 4 aliphatic heterocycles. The second kappa shape index (κ2) is 23.4. The number of anilines is 2. The zero-order valence-corrected chi connectivity index (χ0v) is 39.2. The summed E-state index contributed by atoms with van der Waals surface area (Å²) >= 11 is 0. The van der Waals surface area contributed by atoms with Crippen LogP contribution in [0.15, 0.2) is 36.4 Å². The highest BCUT2D eigenvalue weighted by molar-refractivity contribution is 5.79. The minimum Gasteiger partial charge on any atom is -0.469 e. The molecule has 3 unspecified atom stereocenters. The lowest BCUT2D eigenvalue weighted by molar-refractivity contribution is -0.141. The Hall–Kier alpha value is -5.02. The summed E-state index contributed by atoms with van der Waals surface area (Å²) in [6.45, 7) is 11.6. The van der Waals surface area contributed by atoms with E-state index >= 15 is 0 Å². The number of unbranched alkanes of at least 4 members (excludes halogenated alkanes) is 2. The predicted molar refractivity (Wildman–Crippen MR) is 252 cm³/mol. The van der Waals surface area contributed by atoms with Crippen molar-refractivity contribution in [2.24, 2.45) is 5.92 Å². The van der Waals surface area contributed by atoms with Crippen LogP contribution in [0.25, 0.3) is 5.69 Å². The molecule has 0 saturated carbocycles. The van der Waals surface area contributed by atoms with Crippen LogP contribution in [0.2, 0.25) is 0 Å². The molecule has 7 rings (SSSR count). The molecule has 3 amide bonds. The van der Waals surface area contributed by atoms with Crippen molar-refractivity contribution < 1.29 is 29.0 Å². The van der Waals surface area contributed by atoms with Crippen LogP contribution in [0.3, 0.4) is 0 Å². The Morgan fingerprint density at radius 2 is 1.71 bits per heavy atom. The van der Waals surface area contributed by atoms with E-state index in [0.717, 1.165) is 137 Å². The summed E-state index contributed by atoms with van der Waals surface area (Å²) in [5, 5.41) is 20.8. The standard InChI is InChI=1S/C50H73N9O6/c1-36-28-37(2)59(54-36)45-30-40(41(31-49(64)65-3)34-55-23-19-38(33-55)15-17-42-18-16-39-10-8-21-52-50(39)53-42)29-44(32-45)56-24-26-57(27-25-56)47(62)14-7-12-46(61)51-20-6-4-5-13-48(63)58-22-9-11-43(58)35-60/h16,18,28-30,32,38,41,43,60H,4-15,17,19-27,31,33-35H2,1-3H3,(H,51,61)(H,52,53). The number of nitrogens with one attached hydrogen (secondary N) is 2. The van der Waals surface area contributed by atoms with Gasteiger partial charge in [0.25, 0.3) is 0 Å². The number of carbonyl (C=O) groups is 4. The van der Waals surface area contributed by atoms with Crippen molar-refractivity contribution >= 4 is 35.2 Å². The molecule has 354 valence electrons. The zero-order chi connectivity index (χ0) is 45.7. The highest BCUT2D eigenvalue weighted by Crippen LogP contribution is 2.33. The number of likely N-dealkylation sites (tertiary alicyclic amines) is 2. The number of aliphatic hydroxyl groups excluding tert-OH is 1. The first-order valence-electron chi connectivity index (χ1n) is 24.5. The molecule has 6 heterocycles. The molecule has 3 fully saturated rings. The van der Waals surface area contributed by atoms with E-state index in [1.54, 1.807) is 0 Å². The molecule has 3 atom stereocenters. The van der Waals surface area contributed by atoms with Gasteiger partial charge in [0.05, 0.1) is 37.6 Å². The first-order valence-corrected chi connectivity index (χ1v) is 24.5. The second-order valence-electron chi connectivity index (χ2n) is 18.8. The number of amides is 3. The van der Waals surface area contributed by atoms with Gasteiger partial charge in [-0.05, 0) is 132 Å². The topological polar surface area (TPSA) is 165 Å². The quantitative estimate of drug-likeness (QED) is 0.0937. The lowest BCUT2D eigenvalue weighted by atomic mass is 9.93. The number of aromatic nitrogens is 3. The number of hydrogen-bond donors (Lipinski definition) is 3. The predicted octanol–water partition coefficient (Wildman–Crippen LogP) is 5.32. The molecule has 0 aliphatic carbocycles. The maximum absolute atomic E-state index is 13.3. The number of benzene rings is 1. The smallest absolute Gasteiger partial charge is 0.306 e. The van der Waals surface area contributed by atoms with E-state index in [0.29, 0.717) is 64.3 Å². The van der Waals surface area contributed by atoms with E-state index in [-0.39, 0.29) is 48.7 Å². The van der Waals surface area contributed by atoms with Crippen LogP contribution < -0.4 is 15.5 Å². The van der Waals surface area contributed by atoms with Crippen LogP contribution in [0.1, 0.15) is 118 Å². The highest BCUT2D eigenvalue weighted by atomic mass is 16.5. The zero-order valence-electron chi connectivity index (χ0n) is 39.2. The van der Waals surface area contributed by atoms with Crippen molar-refractivity contribution in [3.8, 4) is 5.69 Å². The Balaban J connectivity index is 0.898. The van der Waals surface area contributed by atoms with Gasteiger partial charge in [0.15, 0.2) is 0 Å². The van der Waals surface area contributed by atoms with Crippen LogP contribution in [-0.2, 0) is 36.8 Å². The third-order valence-electron chi connectivity index (χ3n) is 14.0. The fourth-order valence-electron chi connectivity index (χ4n) is 10.3. The van der Waals surface area contributed by atoms with Gasteiger partial charge in [0.1, 0.15) is 5.82 Å². The number of aryl methyl sites for hydroxylation is 4. The third-order valence-corrected chi connectivity index (χ3v) is 14.0. The Labute approximate surface area is 385 Å². The molecule has 65 heavy (non-hydrogen) atoms. The molecular formula is C50H73N9O6. The van der Waals surface area contributed by atoms with Crippen molar-refractivity contribution in [2.75, 3.05) is 89.4 Å². The Morgan fingerprint density at radius 3 is 2.49 bits per heavy atom.